The van der Waals surface area contributed by atoms with Crippen LogP contribution in [0.25, 0.3) is 0 Å². The van der Waals surface area contributed by atoms with Gasteiger partial charge in [-0.15, -0.1) is 0 Å². The van der Waals surface area contributed by atoms with E-state index in [1.54, 1.807) is 24.5 Å². The van der Waals surface area contributed by atoms with E-state index in [4.69, 9.17) is 4.74 Å². The summed E-state index contributed by atoms with van der Waals surface area (Å²) in [5.74, 6) is 1.15. The molecular formula is C19H20N4O2. The van der Waals surface area contributed by atoms with Crippen LogP contribution in [-0.4, -0.2) is 21.1 Å². The number of aromatic nitrogens is 3. The zero-order valence-electron chi connectivity index (χ0n) is 14.2. The lowest BCUT2D eigenvalue weighted by molar-refractivity contribution is 0.102. The summed E-state index contributed by atoms with van der Waals surface area (Å²) in [6.07, 6.45) is 5.22. The molecule has 25 heavy (non-hydrogen) atoms. The van der Waals surface area contributed by atoms with Gasteiger partial charge in [-0.1, -0.05) is 13.3 Å². The number of nitrogens with one attached hydrogen (secondary N) is 2. The Kier molecular flexibility index (Phi) is 5.09. The lowest BCUT2D eigenvalue weighted by Gasteiger charge is -2.10. The minimum absolute atomic E-state index is 0.237. The maximum absolute atomic E-state index is 12.3. The van der Waals surface area contributed by atoms with Crippen molar-refractivity contribution in [1.29, 1.82) is 0 Å². The monoisotopic (exact) mass is 336 g/mol. The van der Waals surface area contributed by atoms with Crippen LogP contribution in [0.2, 0.25) is 0 Å². The highest BCUT2D eigenvalue weighted by Gasteiger charge is 2.11. The Morgan fingerprint density at radius 3 is 2.88 bits per heavy atom. The van der Waals surface area contributed by atoms with Crippen molar-refractivity contribution < 1.29 is 9.53 Å². The Balaban J connectivity index is 1.68. The molecule has 3 rings (SSSR count). The van der Waals surface area contributed by atoms with Gasteiger partial charge in [0.1, 0.15) is 11.5 Å². The highest BCUT2D eigenvalue weighted by atomic mass is 16.5. The Hall–Kier alpha value is -3.15. The van der Waals surface area contributed by atoms with Crippen molar-refractivity contribution in [2.45, 2.75) is 26.7 Å². The van der Waals surface area contributed by atoms with Gasteiger partial charge in [-0.2, -0.15) is 5.10 Å². The summed E-state index contributed by atoms with van der Waals surface area (Å²) < 4.78 is 5.79. The standard InChI is InChI=1S/C19H20N4O2/c1-3-5-15-11-17(23-22-15)19(24)21-14-7-8-18(13(2)10-14)25-16-6-4-9-20-12-16/h4,6-12H,3,5H2,1-2H3,(H,21,24)(H,22,23). The fourth-order valence-corrected chi connectivity index (χ4v) is 2.45. The molecule has 0 aliphatic heterocycles. The molecule has 128 valence electrons. The molecule has 0 saturated heterocycles. The molecule has 0 saturated carbocycles. The SMILES string of the molecule is CCCc1cc(C(=O)Nc2ccc(Oc3cccnc3)c(C)c2)n[nH]1. The Bertz CT molecular complexity index is 859. The number of ether oxygens (including phenoxy) is 1. The Morgan fingerprint density at radius 1 is 1.28 bits per heavy atom. The lowest BCUT2D eigenvalue weighted by Crippen LogP contribution is -2.12. The molecule has 2 heterocycles. The van der Waals surface area contributed by atoms with Crippen LogP contribution in [0.3, 0.4) is 0 Å². The number of nitrogens with zero attached hydrogens (tertiary/aromatic N) is 2. The molecule has 3 aromatic rings. The number of hydrogen-bond acceptors (Lipinski definition) is 4. The average molecular weight is 336 g/mol. The zero-order valence-corrected chi connectivity index (χ0v) is 14.2. The normalized spacial score (nSPS) is 10.5. The second-order valence-corrected chi connectivity index (χ2v) is 5.75. The second-order valence-electron chi connectivity index (χ2n) is 5.75. The van der Waals surface area contributed by atoms with Crippen LogP contribution in [0.1, 0.15) is 35.1 Å². The van der Waals surface area contributed by atoms with Gasteiger partial charge in [-0.25, -0.2) is 0 Å². The molecule has 0 unspecified atom stereocenters. The summed E-state index contributed by atoms with van der Waals surface area (Å²) in [6, 6.07) is 10.9. The van der Waals surface area contributed by atoms with Crippen molar-refractivity contribution in [3.63, 3.8) is 0 Å². The van der Waals surface area contributed by atoms with E-state index in [0.29, 0.717) is 17.1 Å². The molecule has 0 spiro atoms. The Labute approximate surface area is 146 Å². The largest absolute Gasteiger partial charge is 0.455 e. The third-order valence-electron chi connectivity index (χ3n) is 3.68. The first-order valence-electron chi connectivity index (χ1n) is 8.20. The maximum atomic E-state index is 12.3. The van der Waals surface area contributed by atoms with Gasteiger partial charge in [-0.3, -0.25) is 14.9 Å². The fraction of sp³-hybridized carbons (Fsp3) is 0.211. The van der Waals surface area contributed by atoms with Crippen molar-refractivity contribution >= 4 is 11.6 Å². The van der Waals surface area contributed by atoms with Gasteiger partial charge in [-0.05, 0) is 55.3 Å². The van der Waals surface area contributed by atoms with Crippen LogP contribution in [0.5, 0.6) is 11.5 Å². The summed E-state index contributed by atoms with van der Waals surface area (Å²) in [6.45, 7) is 4.01. The number of pyridine rings is 1. The molecule has 2 N–H and O–H groups in total. The first kappa shape index (κ1) is 16.7. The smallest absolute Gasteiger partial charge is 0.276 e. The van der Waals surface area contributed by atoms with E-state index in [9.17, 15) is 4.79 Å². The molecule has 2 aromatic heterocycles. The molecule has 1 amide bonds. The van der Waals surface area contributed by atoms with E-state index >= 15 is 0 Å². The van der Waals surface area contributed by atoms with Gasteiger partial charge in [0.2, 0.25) is 0 Å². The van der Waals surface area contributed by atoms with Crippen LogP contribution in [0.4, 0.5) is 5.69 Å². The molecule has 0 radical (unpaired) electrons. The van der Waals surface area contributed by atoms with Crippen molar-refractivity contribution in [3.8, 4) is 11.5 Å². The van der Waals surface area contributed by atoms with Gasteiger partial charge in [0.25, 0.3) is 5.91 Å². The number of carbonyl (C=O) groups is 1. The summed E-state index contributed by atoms with van der Waals surface area (Å²) in [7, 11) is 0. The quantitative estimate of drug-likeness (QED) is 0.710. The van der Waals surface area contributed by atoms with Crippen LogP contribution in [0.15, 0.2) is 48.8 Å². The summed E-state index contributed by atoms with van der Waals surface area (Å²) in [4.78, 5) is 16.3. The van der Waals surface area contributed by atoms with E-state index in [1.807, 2.05) is 31.2 Å². The number of amides is 1. The molecule has 0 fully saturated rings. The average Bonchev–Trinajstić information content (AvgIpc) is 3.07. The van der Waals surface area contributed by atoms with Crippen LogP contribution in [-0.2, 0) is 6.42 Å². The third-order valence-corrected chi connectivity index (χ3v) is 3.68. The van der Waals surface area contributed by atoms with Gasteiger partial charge < -0.3 is 10.1 Å². The highest BCUT2D eigenvalue weighted by molar-refractivity contribution is 6.03. The van der Waals surface area contributed by atoms with Crippen molar-refractivity contribution in [2.75, 3.05) is 5.32 Å². The molecule has 1 aromatic carbocycles. The highest BCUT2D eigenvalue weighted by Crippen LogP contribution is 2.27. The number of aryl methyl sites for hydroxylation is 2. The number of benzene rings is 1. The minimum atomic E-state index is -0.237. The molecule has 0 atom stereocenters. The molecular weight excluding hydrogens is 316 g/mol. The summed E-state index contributed by atoms with van der Waals surface area (Å²) in [5.41, 5.74) is 2.96. The van der Waals surface area contributed by atoms with Gasteiger partial charge >= 0.3 is 0 Å². The van der Waals surface area contributed by atoms with Crippen molar-refractivity contribution in [3.05, 3.63) is 65.7 Å². The fourth-order valence-electron chi connectivity index (χ4n) is 2.45. The van der Waals surface area contributed by atoms with Crippen LogP contribution in [0, 0.1) is 6.92 Å². The van der Waals surface area contributed by atoms with E-state index in [2.05, 4.69) is 27.4 Å². The minimum Gasteiger partial charge on any atom is -0.455 e. The number of anilines is 1. The van der Waals surface area contributed by atoms with Gasteiger partial charge in [0.15, 0.2) is 5.69 Å². The van der Waals surface area contributed by atoms with Gasteiger partial charge in [0.05, 0.1) is 6.20 Å². The van der Waals surface area contributed by atoms with Crippen molar-refractivity contribution in [2.24, 2.45) is 0 Å². The zero-order chi connectivity index (χ0) is 17.6. The van der Waals surface area contributed by atoms with Crippen molar-refractivity contribution in [1.82, 2.24) is 15.2 Å². The predicted octanol–water partition coefficient (Wildman–Crippen LogP) is 4.11. The van der Waals surface area contributed by atoms with Crippen LogP contribution >= 0.6 is 0 Å². The predicted molar refractivity (Wildman–Crippen MR) is 96.0 cm³/mol. The van der Waals surface area contributed by atoms with E-state index in [1.165, 1.54) is 0 Å². The number of rotatable bonds is 6. The number of carbonyl (C=O) groups excluding carboxylic acids is 1. The molecule has 0 aliphatic carbocycles. The molecule has 0 aliphatic rings. The third kappa shape index (κ3) is 4.23. The maximum Gasteiger partial charge on any atom is 0.276 e. The van der Waals surface area contributed by atoms with E-state index in [-0.39, 0.29) is 5.91 Å². The van der Waals surface area contributed by atoms with E-state index in [0.717, 1.165) is 29.8 Å². The number of aromatic amines is 1. The van der Waals surface area contributed by atoms with Crippen LogP contribution < -0.4 is 10.1 Å². The van der Waals surface area contributed by atoms with E-state index < -0.39 is 0 Å². The molecule has 0 bridgehead atoms. The number of hydrogen-bond donors (Lipinski definition) is 2. The lowest BCUT2D eigenvalue weighted by atomic mass is 10.2. The topological polar surface area (TPSA) is 79.9 Å². The Morgan fingerprint density at radius 2 is 2.16 bits per heavy atom. The first-order chi connectivity index (χ1) is 12.2. The second kappa shape index (κ2) is 7.61. The molecule has 6 heteroatoms. The number of H-pyrrole nitrogens is 1. The van der Waals surface area contributed by atoms with Gasteiger partial charge in [0, 0.05) is 17.6 Å². The summed E-state index contributed by atoms with van der Waals surface area (Å²) >= 11 is 0. The summed E-state index contributed by atoms with van der Waals surface area (Å²) in [5, 5.41) is 9.80. The first-order valence-corrected chi connectivity index (χ1v) is 8.20. The molecule has 6 nitrogen and oxygen atoms in total.